The number of thiol groups is 1. The first-order valence-corrected chi connectivity index (χ1v) is 8.21. The van der Waals surface area contributed by atoms with Crippen molar-refractivity contribution in [3.05, 3.63) is 36.5 Å². The maximum Gasteiger partial charge on any atom is 0.332 e. The molecule has 0 bridgehead atoms. The van der Waals surface area contributed by atoms with Crippen molar-refractivity contribution in [2.45, 2.75) is 6.92 Å². The van der Waals surface area contributed by atoms with Gasteiger partial charge in [-0.25, -0.2) is 19.7 Å². The van der Waals surface area contributed by atoms with Gasteiger partial charge in [0.05, 0.1) is 7.11 Å². The number of benzene rings is 1. The number of urea groups is 1. The van der Waals surface area contributed by atoms with Gasteiger partial charge in [-0.3, -0.25) is 9.62 Å². The van der Waals surface area contributed by atoms with Gasteiger partial charge in [0.2, 0.25) is 0 Å². The first kappa shape index (κ1) is 17.7. The maximum atomic E-state index is 12.2. The van der Waals surface area contributed by atoms with Crippen molar-refractivity contribution in [3.63, 3.8) is 0 Å². The summed E-state index contributed by atoms with van der Waals surface area (Å²) in [5.74, 6) is 0.531. The first-order chi connectivity index (χ1) is 12.5. The minimum atomic E-state index is -0.438. The lowest BCUT2D eigenvalue weighted by Gasteiger charge is -2.16. The second-order valence-electron chi connectivity index (χ2n) is 5.30. The molecule has 2 aromatic heterocycles. The average molecular weight is 371 g/mol. The van der Waals surface area contributed by atoms with Crippen LogP contribution in [-0.2, 0) is 0 Å². The zero-order valence-electron chi connectivity index (χ0n) is 14.2. The quantitative estimate of drug-likeness (QED) is 0.609. The molecule has 0 fully saturated rings. The number of amides is 2. The number of anilines is 1. The number of hydrogen-bond donors (Lipinski definition) is 3. The number of nitrogens with zero attached hydrogens (tertiary/aromatic N) is 4. The molecule has 2 N–H and O–H groups in total. The Morgan fingerprint density at radius 2 is 2.15 bits per heavy atom. The summed E-state index contributed by atoms with van der Waals surface area (Å²) in [6, 6.07) is 7.87. The second kappa shape index (κ2) is 7.44. The van der Waals surface area contributed by atoms with E-state index >= 15 is 0 Å². The number of carbonyl (C=O) groups is 1. The van der Waals surface area contributed by atoms with Gasteiger partial charge < -0.3 is 9.84 Å². The van der Waals surface area contributed by atoms with Gasteiger partial charge in [0.15, 0.2) is 23.0 Å². The molecule has 134 valence electrons. The molecule has 0 aliphatic rings. The molecule has 8 nitrogen and oxygen atoms in total. The molecule has 0 radical (unpaired) electrons. The smallest absolute Gasteiger partial charge is 0.332 e. The minimum absolute atomic E-state index is 0.00441. The van der Waals surface area contributed by atoms with E-state index in [1.54, 1.807) is 37.4 Å². The van der Waals surface area contributed by atoms with Crippen LogP contribution < -0.4 is 10.1 Å². The number of carbonyl (C=O) groups excluding carboxylic acids is 1. The maximum absolute atomic E-state index is 12.2. The molecular formula is C17H17N5O3S. The fourth-order valence-corrected chi connectivity index (χ4v) is 2.37. The van der Waals surface area contributed by atoms with E-state index in [-0.39, 0.29) is 17.3 Å². The molecule has 1 aromatic carbocycles. The molecular weight excluding hydrogens is 354 g/mol. The van der Waals surface area contributed by atoms with Gasteiger partial charge >= 0.3 is 6.03 Å². The summed E-state index contributed by atoms with van der Waals surface area (Å²) in [5, 5.41) is 12.5. The number of nitrogens with one attached hydrogen (secondary N) is 1. The summed E-state index contributed by atoms with van der Waals surface area (Å²) in [6.07, 6.45) is 1.60. The van der Waals surface area contributed by atoms with Crippen LogP contribution in [-0.4, -0.2) is 44.0 Å². The van der Waals surface area contributed by atoms with Crippen LogP contribution >= 0.6 is 12.8 Å². The number of hydrogen-bond acceptors (Lipinski definition) is 7. The van der Waals surface area contributed by atoms with Crippen LogP contribution in [0.15, 0.2) is 36.5 Å². The molecule has 0 saturated carbocycles. The average Bonchev–Trinajstić information content (AvgIpc) is 2.67. The Kier molecular flexibility index (Phi) is 5.08. The van der Waals surface area contributed by atoms with Crippen LogP contribution in [0.2, 0.25) is 0 Å². The molecule has 0 spiro atoms. The van der Waals surface area contributed by atoms with E-state index in [1.807, 2.05) is 0 Å². The Balaban J connectivity index is 2.15. The van der Waals surface area contributed by atoms with Crippen LogP contribution in [0.4, 0.5) is 10.6 Å². The molecule has 2 amide bonds. The number of methoxy groups -OCH3 is 1. The molecule has 0 saturated heterocycles. The lowest BCUT2D eigenvalue weighted by molar-refractivity contribution is 0.240. The number of ether oxygens (including phenoxy) is 1. The van der Waals surface area contributed by atoms with Crippen molar-refractivity contribution < 1.29 is 14.6 Å². The molecule has 26 heavy (non-hydrogen) atoms. The Morgan fingerprint density at radius 3 is 2.88 bits per heavy atom. The molecule has 3 rings (SSSR count). The fraction of sp³-hybridized carbons (Fsp3) is 0.176. The summed E-state index contributed by atoms with van der Waals surface area (Å²) in [5.41, 5.74) is 2.02. The lowest BCUT2D eigenvalue weighted by Crippen LogP contribution is -2.27. The number of fused-ring (bicyclic) bond motifs is 1. The van der Waals surface area contributed by atoms with Crippen LogP contribution in [0.3, 0.4) is 0 Å². The van der Waals surface area contributed by atoms with Gasteiger partial charge in [-0.15, -0.1) is 0 Å². The molecule has 0 atom stereocenters. The minimum Gasteiger partial charge on any atom is -0.504 e. The normalized spacial score (nSPS) is 10.6. The van der Waals surface area contributed by atoms with E-state index in [2.05, 4.69) is 33.1 Å². The monoisotopic (exact) mass is 371 g/mol. The molecule has 0 aliphatic heterocycles. The van der Waals surface area contributed by atoms with Gasteiger partial charge in [0, 0.05) is 18.3 Å². The summed E-state index contributed by atoms with van der Waals surface area (Å²) in [6.45, 7) is 2.21. The number of rotatable bonds is 4. The predicted molar refractivity (Wildman–Crippen MR) is 101 cm³/mol. The van der Waals surface area contributed by atoms with E-state index in [4.69, 9.17) is 4.74 Å². The second-order valence-corrected chi connectivity index (χ2v) is 5.78. The van der Waals surface area contributed by atoms with Crippen LogP contribution in [0.1, 0.15) is 6.92 Å². The number of pyridine rings is 1. The predicted octanol–water partition coefficient (Wildman–Crippen LogP) is 3.10. The zero-order valence-corrected chi connectivity index (χ0v) is 15.1. The van der Waals surface area contributed by atoms with Crippen LogP contribution in [0.5, 0.6) is 11.5 Å². The standard InChI is InChI=1S/C17H17N5O3S/c1-3-22(26)17(24)21-16-14(10-6-7-12(23)13(9-10)25-2)19-11-5-4-8-18-15(11)20-16/h4-9,23,26H,3H2,1-2H3,(H,18,20,21,24). The van der Waals surface area contributed by atoms with Crippen molar-refractivity contribution in [3.8, 4) is 22.8 Å². The number of phenolic OH excluding ortho intramolecular Hbond substituents is 1. The molecule has 9 heteroatoms. The third-order valence-corrected chi connectivity index (χ3v) is 4.12. The van der Waals surface area contributed by atoms with E-state index in [1.165, 1.54) is 17.5 Å². The van der Waals surface area contributed by atoms with Gasteiger partial charge in [-0.05, 0) is 37.3 Å². The Bertz CT molecular complexity index is 966. The third-order valence-electron chi connectivity index (χ3n) is 3.65. The molecule has 0 unspecified atom stereocenters. The topological polar surface area (TPSA) is 100 Å². The van der Waals surface area contributed by atoms with Gasteiger partial charge in [0.25, 0.3) is 0 Å². The largest absolute Gasteiger partial charge is 0.504 e. The van der Waals surface area contributed by atoms with Crippen molar-refractivity contribution >= 4 is 35.8 Å². The SMILES string of the molecule is CCN(S)C(=O)Nc1nc2ncccc2nc1-c1ccc(O)c(OC)c1. The summed E-state index contributed by atoms with van der Waals surface area (Å²) in [4.78, 5) is 25.4. The fourth-order valence-electron chi connectivity index (χ4n) is 2.32. The van der Waals surface area contributed by atoms with Crippen molar-refractivity contribution in [1.29, 1.82) is 0 Å². The van der Waals surface area contributed by atoms with Gasteiger partial charge in [0.1, 0.15) is 11.2 Å². The van der Waals surface area contributed by atoms with E-state index < -0.39 is 6.03 Å². The third kappa shape index (κ3) is 3.47. The molecule has 2 heterocycles. The zero-order chi connectivity index (χ0) is 18.7. The molecule has 0 aliphatic carbocycles. The van der Waals surface area contributed by atoms with Crippen molar-refractivity contribution in [1.82, 2.24) is 19.3 Å². The number of phenols is 1. The molecule has 3 aromatic rings. The van der Waals surface area contributed by atoms with Crippen molar-refractivity contribution in [2.24, 2.45) is 0 Å². The highest BCUT2D eigenvalue weighted by Gasteiger charge is 2.17. The van der Waals surface area contributed by atoms with E-state index in [9.17, 15) is 9.90 Å². The highest BCUT2D eigenvalue weighted by molar-refractivity contribution is 7.78. The van der Waals surface area contributed by atoms with Gasteiger partial charge in [-0.2, -0.15) is 0 Å². The Morgan fingerprint density at radius 1 is 1.35 bits per heavy atom. The lowest BCUT2D eigenvalue weighted by atomic mass is 10.1. The summed E-state index contributed by atoms with van der Waals surface area (Å²) >= 11 is 4.10. The highest BCUT2D eigenvalue weighted by Crippen LogP contribution is 2.34. The Hall–Kier alpha value is -3.07. The van der Waals surface area contributed by atoms with E-state index in [0.717, 1.165) is 0 Å². The highest BCUT2D eigenvalue weighted by atomic mass is 32.1. The first-order valence-electron chi connectivity index (χ1n) is 7.81. The van der Waals surface area contributed by atoms with Gasteiger partial charge in [-0.1, -0.05) is 12.8 Å². The van der Waals surface area contributed by atoms with Crippen LogP contribution in [0.25, 0.3) is 22.4 Å². The van der Waals surface area contributed by atoms with Crippen LogP contribution in [0, 0.1) is 0 Å². The summed E-state index contributed by atoms with van der Waals surface area (Å²) in [7, 11) is 1.46. The van der Waals surface area contributed by atoms with E-state index in [0.29, 0.717) is 29.0 Å². The Labute approximate surface area is 155 Å². The number of aromatic nitrogens is 3. The summed E-state index contributed by atoms with van der Waals surface area (Å²) < 4.78 is 6.37. The number of aromatic hydroxyl groups is 1. The van der Waals surface area contributed by atoms with Crippen molar-refractivity contribution in [2.75, 3.05) is 19.0 Å².